The van der Waals surface area contributed by atoms with Gasteiger partial charge in [-0.05, 0) is 48.7 Å². The van der Waals surface area contributed by atoms with Crippen LogP contribution in [0.5, 0.6) is 5.75 Å². The average molecular weight is 404 g/mol. The summed E-state index contributed by atoms with van der Waals surface area (Å²) in [6.45, 7) is 0. The van der Waals surface area contributed by atoms with Gasteiger partial charge in [-0.25, -0.2) is 4.98 Å². The normalized spacial score (nSPS) is 14.4. The van der Waals surface area contributed by atoms with Crippen molar-refractivity contribution in [3.8, 4) is 16.9 Å². The Bertz CT molecular complexity index is 1140. The summed E-state index contributed by atoms with van der Waals surface area (Å²) in [5.41, 5.74) is 3.79. The molecule has 29 heavy (non-hydrogen) atoms. The summed E-state index contributed by atoms with van der Waals surface area (Å²) < 4.78 is 5.24. The fourth-order valence-electron chi connectivity index (χ4n) is 3.75. The van der Waals surface area contributed by atoms with Gasteiger partial charge in [0.2, 0.25) is 5.13 Å². The number of pyridine rings is 2. The van der Waals surface area contributed by atoms with E-state index in [1.54, 1.807) is 18.4 Å². The Labute approximate surface area is 173 Å². The van der Waals surface area contributed by atoms with E-state index in [9.17, 15) is 0 Å². The summed E-state index contributed by atoms with van der Waals surface area (Å²) in [5.74, 6) is 2.16. The zero-order valence-corrected chi connectivity index (χ0v) is 16.9. The van der Waals surface area contributed by atoms with Gasteiger partial charge in [0.05, 0.1) is 18.1 Å². The molecule has 3 heterocycles. The maximum Gasteiger partial charge on any atom is 0.211 e. The molecule has 1 fully saturated rings. The Morgan fingerprint density at radius 3 is 2.59 bits per heavy atom. The van der Waals surface area contributed by atoms with Gasteiger partial charge < -0.3 is 10.1 Å². The van der Waals surface area contributed by atoms with Crippen LogP contribution in [0.1, 0.15) is 36.6 Å². The van der Waals surface area contributed by atoms with Crippen molar-refractivity contribution in [2.75, 3.05) is 12.4 Å². The van der Waals surface area contributed by atoms with Crippen LogP contribution in [0.15, 0.2) is 48.7 Å². The van der Waals surface area contributed by atoms with Gasteiger partial charge in [-0.1, -0.05) is 36.3 Å². The number of nitrogens with one attached hydrogen (secondary N) is 1. The minimum absolute atomic E-state index is 0.573. The topological polar surface area (TPSA) is 72.8 Å². The Hall–Kier alpha value is -3.06. The number of ether oxygens (including phenoxy) is 1. The molecule has 7 heteroatoms. The van der Waals surface area contributed by atoms with Crippen LogP contribution in [-0.4, -0.2) is 27.3 Å². The van der Waals surface area contributed by atoms with E-state index < -0.39 is 0 Å². The SMILES string of the molecule is COc1ccc(-c2cnc3ccc(Nc4nnc(C5CCCC5)s4)nc3c2)cc1. The molecule has 0 aliphatic heterocycles. The highest BCUT2D eigenvalue weighted by Crippen LogP contribution is 2.37. The molecule has 0 spiro atoms. The van der Waals surface area contributed by atoms with Crippen LogP contribution in [-0.2, 0) is 0 Å². The Morgan fingerprint density at radius 1 is 0.966 bits per heavy atom. The smallest absolute Gasteiger partial charge is 0.211 e. The lowest BCUT2D eigenvalue weighted by atomic mass is 10.1. The molecule has 6 nitrogen and oxygen atoms in total. The van der Waals surface area contributed by atoms with Crippen molar-refractivity contribution >= 4 is 33.3 Å². The summed E-state index contributed by atoms with van der Waals surface area (Å²) in [4.78, 5) is 9.30. The van der Waals surface area contributed by atoms with E-state index in [4.69, 9.17) is 9.72 Å². The summed E-state index contributed by atoms with van der Waals surface area (Å²) in [7, 11) is 1.67. The van der Waals surface area contributed by atoms with Gasteiger partial charge in [0.1, 0.15) is 16.6 Å². The number of hydrogen-bond donors (Lipinski definition) is 1. The van der Waals surface area contributed by atoms with Crippen molar-refractivity contribution in [2.24, 2.45) is 0 Å². The molecule has 146 valence electrons. The van der Waals surface area contributed by atoms with Gasteiger partial charge in [-0.15, -0.1) is 10.2 Å². The van der Waals surface area contributed by atoms with Crippen LogP contribution in [0.2, 0.25) is 0 Å². The number of rotatable bonds is 5. The fourth-order valence-corrected chi connectivity index (χ4v) is 4.67. The Balaban J connectivity index is 1.40. The van der Waals surface area contributed by atoms with Crippen LogP contribution in [0, 0.1) is 0 Å². The molecule has 3 aromatic heterocycles. The summed E-state index contributed by atoms with van der Waals surface area (Å²) in [6, 6.07) is 13.9. The van der Waals surface area contributed by atoms with Gasteiger partial charge in [-0.3, -0.25) is 4.98 Å². The van der Waals surface area contributed by atoms with Crippen molar-refractivity contribution in [3.05, 3.63) is 53.7 Å². The Morgan fingerprint density at radius 2 is 1.79 bits per heavy atom. The maximum absolute atomic E-state index is 5.24. The van der Waals surface area contributed by atoms with Crippen LogP contribution >= 0.6 is 11.3 Å². The maximum atomic E-state index is 5.24. The molecular formula is C22H21N5OS. The second kappa shape index (κ2) is 7.75. The molecule has 0 amide bonds. The minimum atomic E-state index is 0.573. The highest BCUT2D eigenvalue weighted by Gasteiger charge is 2.21. The van der Waals surface area contributed by atoms with E-state index in [0.29, 0.717) is 5.92 Å². The summed E-state index contributed by atoms with van der Waals surface area (Å²) >= 11 is 1.63. The summed E-state index contributed by atoms with van der Waals surface area (Å²) in [6.07, 6.45) is 6.91. The zero-order chi connectivity index (χ0) is 19.6. The Kier molecular flexibility index (Phi) is 4.81. The van der Waals surface area contributed by atoms with Crippen LogP contribution in [0.4, 0.5) is 10.9 Å². The summed E-state index contributed by atoms with van der Waals surface area (Å²) in [5, 5.41) is 13.9. The molecule has 1 aliphatic rings. The van der Waals surface area contributed by atoms with Crippen LogP contribution in [0.25, 0.3) is 22.2 Å². The monoisotopic (exact) mass is 403 g/mol. The van der Waals surface area contributed by atoms with E-state index in [-0.39, 0.29) is 0 Å². The lowest BCUT2D eigenvalue weighted by Gasteiger charge is -2.06. The minimum Gasteiger partial charge on any atom is -0.497 e. The molecular weight excluding hydrogens is 382 g/mol. The molecule has 1 N–H and O–H groups in total. The van der Waals surface area contributed by atoms with Gasteiger partial charge in [-0.2, -0.15) is 0 Å². The number of aromatic nitrogens is 4. The highest BCUT2D eigenvalue weighted by atomic mass is 32.1. The molecule has 5 rings (SSSR count). The standard InChI is InChI=1S/C22H21N5OS/c1-28-17-8-6-14(7-9-17)16-12-19-18(23-13-16)10-11-20(24-19)25-22-27-26-21(29-22)15-4-2-3-5-15/h6-13,15H,2-5H2,1H3,(H,24,25,27). The fraction of sp³-hybridized carbons (Fsp3) is 0.273. The van der Waals surface area contributed by atoms with Gasteiger partial charge >= 0.3 is 0 Å². The molecule has 4 aromatic rings. The van der Waals surface area contributed by atoms with Crippen molar-refractivity contribution in [2.45, 2.75) is 31.6 Å². The van der Waals surface area contributed by atoms with Crippen LogP contribution in [0.3, 0.4) is 0 Å². The first-order valence-corrected chi connectivity index (χ1v) is 10.6. The number of nitrogens with zero attached hydrogens (tertiary/aromatic N) is 4. The highest BCUT2D eigenvalue weighted by molar-refractivity contribution is 7.15. The van der Waals surface area contributed by atoms with Crippen molar-refractivity contribution in [1.29, 1.82) is 0 Å². The first kappa shape index (κ1) is 18.0. The third-order valence-electron chi connectivity index (χ3n) is 5.34. The predicted molar refractivity (Wildman–Crippen MR) is 116 cm³/mol. The number of benzene rings is 1. The first-order valence-electron chi connectivity index (χ1n) is 9.80. The van der Waals surface area contributed by atoms with Gasteiger partial charge in [0.25, 0.3) is 0 Å². The molecule has 1 aromatic carbocycles. The first-order chi connectivity index (χ1) is 14.3. The van der Waals surface area contributed by atoms with Crippen molar-refractivity contribution < 1.29 is 4.74 Å². The van der Waals surface area contributed by atoms with E-state index in [1.807, 2.05) is 42.6 Å². The molecule has 0 unspecified atom stereocenters. The predicted octanol–water partition coefficient (Wildman–Crippen LogP) is 5.56. The van der Waals surface area contributed by atoms with E-state index in [1.165, 1.54) is 25.7 Å². The van der Waals surface area contributed by atoms with E-state index >= 15 is 0 Å². The molecule has 0 atom stereocenters. The number of anilines is 2. The van der Waals surface area contributed by atoms with Crippen LogP contribution < -0.4 is 10.1 Å². The number of methoxy groups -OCH3 is 1. The third kappa shape index (κ3) is 3.78. The number of fused-ring (bicyclic) bond motifs is 1. The molecule has 0 saturated heterocycles. The average Bonchev–Trinajstić information content (AvgIpc) is 3.45. The third-order valence-corrected chi connectivity index (χ3v) is 6.34. The second-order valence-electron chi connectivity index (χ2n) is 7.24. The van der Waals surface area contributed by atoms with Crippen molar-refractivity contribution in [3.63, 3.8) is 0 Å². The lowest BCUT2D eigenvalue weighted by molar-refractivity contribution is 0.415. The van der Waals surface area contributed by atoms with Crippen molar-refractivity contribution in [1.82, 2.24) is 20.2 Å². The molecule has 1 saturated carbocycles. The van der Waals surface area contributed by atoms with E-state index in [0.717, 1.165) is 43.9 Å². The second-order valence-corrected chi connectivity index (χ2v) is 8.25. The van der Waals surface area contributed by atoms with E-state index in [2.05, 4.69) is 26.6 Å². The number of hydrogen-bond acceptors (Lipinski definition) is 7. The molecule has 0 radical (unpaired) electrons. The quantitative estimate of drug-likeness (QED) is 0.470. The molecule has 1 aliphatic carbocycles. The zero-order valence-electron chi connectivity index (χ0n) is 16.1. The van der Waals surface area contributed by atoms with Gasteiger partial charge in [0, 0.05) is 17.7 Å². The van der Waals surface area contributed by atoms with Gasteiger partial charge in [0.15, 0.2) is 0 Å². The lowest BCUT2D eigenvalue weighted by Crippen LogP contribution is -1.94. The molecule has 0 bridgehead atoms. The largest absolute Gasteiger partial charge is 0.497 e.